The highest BCUT2D eigenvalue weighted by Gasteiger charge is 2.20. The minimum absolute atomic E-state index is 0.0464. The van der Waals surface area contributed by atoms with Gasteiger partial charge in [-0.1, -0.05) is 12.1 Å². The molecule has 0 spiro atoms. The van der Waals surface area contributed by atoms with Crippen LogP contribution < -0.4 is 0 Å². The first kappa shape index (κ1) is 16.1. The van der Waals surface area contributed by atoms with Gasteiger partial charge in [-0.15, -0.1) is 0 Å². The molecular weight excluding hydrogens is 268 g/mol. The molecule has 1 aromatic rings. The molecule has 0 aromatic heterocycles. The molecule has 20 heavy (non-hydrogen) atoms. The van der Waals surface area contributed by atoms with E-state index in [9.17, 15) is 18.4 Å². The molecule has 0 aliphatic heterocycles. The van der Waals surface area contributed by atoms with Gasteiger partial charge in [0.25, 0.3) is 12.3 Å². The van der Waals surface area contributed by atoms with E-state index in [1.807, 2.05) is 0 Å². The fourth-order valence-corrected chi connectivity index (χ4v) is 1.78. The second-order valence-corrected chi connectivity index (χ2v) is 4.66. The van der Waals surface area contributed by atoms with Crippen LogP contribution in [-0.2, 0) is 4.79 Å². The fourth-order valence-electron chi connectivity index (χ4n) is 1.78. The molecule has 0 bridgehead atoms. The van der Waals surface area contributed by atoms with E-state index in [0.717, 1.165) is 6.07 Å². The molecule has 0 saturated carbocycles. The van der Waals surface area contributed by atoms with Crippen LogP contribution in [0.15, 0.2) is 24.3 Å². The van der Waals surface area contributed by atoms with Gasteiger partial charge in [0.2, 0.25) is 0 Å². The van der Waals surface area contributed by atoms with Gasteiger partial charge >= 0.3 is 5.97 Å². The molecule has 1 amide bonds. The summed E-state index contributed by atoms with van der Waals surface area (Å²) in [6.07, 6.45) is -2.83. The highest BCUT2D eigenvalue weighted by molar-refractivity contribution is 5.94. The van der Waals surface area contributed by atoms with Crippen molar-refractivity contribution in [3.63, 3.8) is 0 Å². The standard InChI is InChI=1S/C14H17F2NO3/c1-9(2)17(7-6-12(18)19)14(20)11-5-3-4-10(8-11)13(15)16/h3-5,8-9,13H,6-7H2,1-2H3,(H,18,19). The average molecular weight is 285 g/mol. The Morgan fingerprint density at radius 1 is 1.30 bits per heavy atom. The van der Waals surface area contributed by atoms with E-state index in [-0.39, 0.29) is 30.1 Å². The van der Waals surface area contributed by atoms with Gasteiger partial charge in [-0.05, 0) is 26.0 Å². The number of alkyl halides is 2. The molecule has 0 aliphatic rings. The van der Waals surface area contributed by atoms with Crippen LogP contribution in [0.2, 0.25) is 0 Å². The molecule has 1 aromatic carbocycles. The third kappa shape index (κ3) is 4.29. The van der Waals surface area contributed by atoms with Crippen LogP contribution in [0, 0.1) is 0 Å². The Hall–Kier alpha value is -1.98. The molecule has 4 nitrogen and oxygen atoms in total. The minimum atomic E-state index is -2.64. The van der Waals surface area contributed by atoms with Crippen LogP contribution in [-0.4, -0.2) is 34.5 Å². The normalized spacial score (nSPS) is 10.9. The Kier molecular flexibility index (Phi) is 5.61. The summed E-state index contributed by atoms with van der Waals surface area (Å²) in [7, 11) is 0. The Balaban J connectivity index is 2.94. The second kappa shape index (κ2) is 6.98. The van der Waals surface area contributed by atoms with Crippen LogP contribution in [0.25, 0.3) is 0 Å². The molecule has 110 valence electrons. The summed E-state index contributed by atoms with van der Waals surface area (Å²) in [4.78, 5) is 24.2. The first-order chi connectivity index (χ1) is 9.32. The highest BCUT2D eigenvalue weighted by Crippen LogP contribution is 2.20. The molecule has 0 fully saturated rings. The Morgan fingerprint density at radius 2 is 1.95 bits per heavy atom. The molecule has 1 N–H and O–H groups in total. The second-order valence-electron chi connectivity index (χ2n) is 4.66. The van der Waals surface area contributed by atoms with E-state index in [0.29, 0.717) is 0 Å². The summed E-state index contributed by atoms with van der Waals surface area (Å²) < 4.78 is 25.2. The topological polar surface area (TPSA) is 57.6 Å². The van der Waals surface area contributed by atoms with Gasteiger partial charge in [0, 0.05) is 23.7 Å². The molecule has 6 heteroatoms. The fraction of sp³-hybridized carbons (Fsp3) is 0.429. The van der Waals surface area contributed by atoms with Crippen molar-refractivity contribution in [3.05, 3.63) is 35.4 Å². The maximum atomic E-state index is 12.6. The lowest BCUT2D eigenvalue weighted by Crippen LogP contribution is -2.38. The summed E-state index contributed by atoms with van der Waals surface area (Å²) in [5, 5.41) is 8.68. The van der Waals surface area contributed by atoms with Crippen LogP contribution in [0.1, 0.15) is 42.6 Å². The van der Waals surface area contributed by atoms with Crippen LogP contribution in [0.3, 0.4) is 0 Å². The van der Waals surface area contributed by atoms with Gasteiger partial charge in [0.1, 0.15) is 0 Å². The quantitative estimate of drug-likeness (QED) is 0.874. The third-order valence-corrected chi connectivity index (χ3v) is 2.84. The minimum Gasteiger partial charge on any atom is -0.481 e. The zero-order chi connectivity index (χ0) is 15.3. The van der Waals surface area contributed by atoms with Crippen molar-refractivity contribution in [1.82, 2.24) is 4.90 Å². The Morgan fingerprint density at radius 3 is 2.45 bits per heavy atom. The Bertz CT molecular complexity index is 489. The number of carbonyl (C=O) groups is 2. The van der Waals surface area contributed by atoms with Crippen LogP contribution in [0.5, 0.6) is 0 Å². The summed E-state index contributed by atoms with van der Waals surface area (Å²) in [6.45, 7) is 3.54. The van der Waals surface area contributed by atoms with Gasteiger partial charge in [-0.25, -0.2) is 8.78 Å². The molecule has 0 unspecified atom stereocenters. The number of hydrogen-bond donors (Lipinski definition) is 1. The number of benzene rings is 1. The number of amides is 1. The van der Waals surface area contributed by atoms with Crippen molar-refractivity contribution in [3.8, 4) is 0 Å². The van der Waals surface area contributed by atoms with E-state index >= 15 is 0 Å². The van der Waals surface area contributed by atoms with Crippen molar-refractivity contribution < 1.29 is 23.5 Å². The molecule has 1 rings (SSSR count). The maximum absolute atomic E-state index is 12.6. The molecule has 0 saturated heterocycles. The zero-order valence-electron chi connectivity index (χ0n) is 11.3. The first-order valence-electron chi connectivity index (χ1n) is 6.23. The summed E-state index contributed by atoms with van der Waals surface area (Å²) >= 11 is 0. The predicted octanol–water partition coefficient (Wildman–Crippen LogP) is 2.95. The number of halogens is 2. The number of carboxylic acids is 1. The van der Waals surface area contributed by atoms with Crippen molar-refractivity contribution in [1.29, 1.82) is 0 Å². The lowest BCUT2D eigenvalue weighted by atomic mass is 10.1. The van der Waals surface area contributed by atoms with Gasteiger partial charge in [0.05, 0.1) is 6.42 Å². The van der Waals surface area contributed by atoms with E-state index in [4.69, 9.17) is 5.11 Å². The van der Waals surface area contributed by atoms with E-state index in [1.54, 1.807) is 13.8 Å². The SMILES string of the molecule is CC(C)N(CCC(=O)O)C(=O)c1cccc(C(F)F)c1. The van der Waals surface area contributed by atoms with Gasteiger partial charge in [-0.2, -0.15) is 0 Å². The summed E-state index contributed by atoms with van der Waals surface area (Å²) in [5.41, 5.74) is -0.0836. The van der Waals surface area contributed by atoms with Crippen molar-refractivity contribution >= 4 is 11.9 Å². The van der Waals surface area contributed by atoms with E-state index in [1.165, 1.54) is 23.1 Å². The zero-order valence-corrected chi connectivity index (χ0v) is 11.3. The van der Waals surface area contributed by atoms with Crippen molar-refractivity contribution in [2.45, 2.75) is 32.7 Å². The maximum Gasteiger partial charge on any atom is 0.305 e. The lowest BCUT2D eigenvalue weighted by molar-refractivity contribution is -0.137. The molecule has 0 radical (unpaired) electrons. The smallest absolute Gasteiger partial charge is 0.305 e. The number of hydrogen-bond acceptors (Lipinski definition) is 2. The number of carboxylic acid groups (broad SMARTS) is 1. The van der Waals surface area contributed by atoms with Gasteiger partial charge in [0.15, 0.2) is 0 Å². The summed E-state index contributed by atoms with van der Waals surface area (Å²) in [5.74, 6) is -1.45. The third-order valence-electron chi connectivity index (χ3n) is 2.84. The van der Waals surface area contributed by atoms with E-state index in [2.05, 4.69) is 0 Å². The number of aliphatic carboxylic acids is 1. The van der Waals surface area contributed by atoms with Gasteiger partial charge in [-0.3, -0.25) is 9.59 Å². The number of carbonyl (C=O) groups excluding carboxylic acids is 1. The van der Waals surface area contributed by atoms with Crippen LogP contribution in [0.4, 0.5) is 8.78 Å². The predicted molar refractivity (Wildman–Crippen MR) is 69.8 cm³/mol. The van der Waals surface area contributed by atoms with Crippen molar-refractivity contribution in [2.24, 2.45) is 0 Å². The van der Waals surface area contributed by atoms with Gasteiger partial charge < -0.3 is 10.0 Å². The molecule has 0 aliphatic carbocycles. The molecular formula is C14H17F2NO3. The largest absolute Gasteiger partial charge is 0.481 e. The highest BCUT2D eigenvalue weighted by atomic mass is 19.3. The monoisotopic (exact) mass is 285 g/mol. The number of nitrogens with zero attached hydrogens (tertiary/aromatic N) is 1. The average Bonchev–Trinajstić information content (AvgIpc) is 2.38. The van der Waals surface area contributed by atoms with Crippen LogP contribution >= 0.6 is 0 Å². The van der Waals surface area contributed by atoms with Crippen molar-refractivity contribution in [2.75, 3.05) is 6.54 Å². The lowest BCUT2D eigenvalue weighted by Gasteiger charge is -2.26. The molecule has 0 heterocycles. The van der Waals surface area contributed by atoms with E-state index < -0.39 is 18.3 Å². The number of rotatable bonds is 6. The Labute approximate surface area is 116 Å². The molecule has 0 atom stereocenters. The first-order valence-corrected chi connectivity index (χ1v) is 6.23. The summed E-state index contributed by atoms with van der Waals surface area (Å²) in [6, 6.07) is 5.02.